The molecule has 0 radical (unpaired) electrons. The number of ether oxygens (including phenoxy) is 2. The molecule has 0 amide bonds. The van der Waals surface area contributed by atoms with Crippen LogP contribution in [-0.2, 0) is 29.7 Å². The van der Waals surface area contributed by atoms with Crippen molar-refractivity contribution in [3.63, 3.8) is 0 Å². The lowest BCUT2D eigenvalue weighted by atomic mass is 10.2. The van der Waals surface area contributed by atoms with Gasteiger partial charge in [-0.2, -0.15) is 0 Å². The molecule has 1 saturated heterocycles. The number of benzene rings is 2. The molecular formula is C19H20N2O7S2. The Morgan fingerprint density at radius 2 is 1.90 bits per heavy atom. The molecule has 0 N–H and O–H groups in total. The second kappa shape index (κ2) is 9.56. The molecule has 3 rings (SSSR count). The van der Waals surface area contributed by atoms with Crippen LogP contribution in [0.25, 0.3) is 0 Å². The van der Waals surface area contributed by atoms with Crippen LogP contribution in [0.5, 0.6) is 0 Å². The van der Waals surface area contributed by atoms with Crippen LogP contribution >= 0.6 is 11.0 Å². The molecule has 1 atom stereocenters. The highest BCUT2D eigenvalue weighted by Gasteiger charge is 2.35. The maximum atomic E-state index is 12.7. The number of carbonyl (C=O) groups excluding carboxylic acids is 1. The van der Waals surface area contributed by atoms with Gasteiger partial charge in [0.25, 0.3) is 5.69 Å². The molecule has 0 spiro atoms. The van der Waals surface area contributed by atoms with E-state index < -0.39 is 25.8 Å². The summed E-state index contributed by atoms with van der Waals surface area (Å²) in [5.41, 5.74) is 1.46. The van der Waals surface area contributed by atoms with E-state index >= 15 is 0 Å². The van der Waals surface area contributed by atoms with E-state index in [2.05, 4.69) is 0 Å². The lowest BCUT2D eigenvalue weighted by Gasteiger charge is -2.32. The van der Waals surface area contributed by atoms with Crippen LogP contribution in [0.4, 0.5) is 5.69 Å². The van der Waals surface area contributed by atoms with E-state index in [1.807, 2.05) is 6.92 Å². The second-order valence-corrected chi connectivity index (χ2v) is 10.4. The smallest absolute Gasteiger partial charge is 0.327 e. The minimum absolute atomic E-state index is 0.00944. The van der Waals surface area contributed by atoms with Gasteiger partial charge in [0.15, 0.2) is 0 Å². The van der Waals surface area contributed by atoms with Crippen LogP contribution < -0.4 is 0 Å². The van der Waals surface area contributed by atoms with E-state index in [0.717, 1.165) is 5.56 Å². The van der Waals surface area contributed by atoms with Gasteiger partial charge in [0.2, 0.25) is 8.87 Å². The van der Waals surface area contributed by atoms with Crippen molar-refractivity contribution in [2.75, 3.05) is 19.8 Å². The normalized spacial score (nSPS) is 17.4. The molecule has 1 heterocycles. The quantitative estimate of drug-likeness (QED) is 0.205. The first-order valence-electron chi connectivity index (χ1n) is 9.02. The van der Waals surface area contributed by atoms with Crippen molar-refractivity contribution in [2.24, 2.45) is 0 Å². The molecule has 1 aliphatic heterocycles. The van der Waals surface area contributed by atoms with Crippen molar-refractivity contribution in [1.29, 1.82) is 0 Å². The van der Waals surface area contributed by atoms with Gasteiger partial charge in [-0.3, -0.25) is 14.9 Å². The Balaban J connectivity index is 1.65. The standard InChI is InChI=1S/C19H20N2O7S2/c1-14-2-8-17(9-3-14)30(25,26)29-20-10-11-27-13-18(20)19(22)28-12-15-4-6-16(7-5-15)21(23)24/h2-9,18H,10-13H2,1H3/t18-/m1/s1. The largest absolute Gasteiger partial charge is 0.460 e. The molecule has 2 aromatic rings. The number of aryl methyl sites for hydroxylation is 1. The highest BCUT2D eigenvalue weighted by molar-refractivity contribution is 8.71. The Labute approximate surface area is 177 Å². The fraction of sp³-hybridized carbons (Fsp3) is 0.316. The number of esters is 1. The van der Waals surface area contributed by atoms with Crippen LogP contribution in [0.3, 0.4) is 0 Å². The van der Waals surface area contributed by atoms with Crippen molar-refractivity contribution in [3.8, 4) is 0 Å². The molecular weight excluding hydrogens is 432 g/mol. The number of non-ortho nitro benzene ring substituents is 1. The van der Waals surface area contributed by atoms with Gasteiger partial charge in [0.05, 0.1) is 34.0 Å². The third-order valence-corrected chi connectivity index (χ3v) is 7.80. The van der Waals surface area contributed by atoms with E-state index in [1.165, 1.54) is 40.7 Å². The molecule has 160 valence electrons. The van der Waals surface area contributed by atoms with Gasteiger partial charge in [-0.25, -0.2) is 12.7 Å². The predicted molar refractivity (Wildman–Crippen MR) is 110 cm³/mol. The van der Waals surface area contributed by atoms with Crippen LogP contribution in [-0.4, -0.2) is 49.4 Å². The zero-order valence-electron chi connectivity index (χ0n) is 16.1. The van der Waals surface area contributed by atoms with E-state index in [-0.39, 0.29) is 30.3 Å². The highest BCUT2D eigenvalue weighted by atomic mass is 33.1. The molecule has 9 nitrogen and oxygen atoms in total. The third-order valence-electron chi connectivity index (χ3n) is 4.38. The predicted octanol–water partition coefficient (Wildman–Crippen LogP) is 2.68. The van der Waals surface area contributed by atoms with E-state index in [0.29, 0.717) is 23.2 Å². The summed E-state index contributed by atoms with van der Waals surface area (Å²) in [6, 6.07) is 11.2. The van der Waals surface area contributed by atoms with Crippen molar-refractivity contribution in [2.45, 2.75) is 24.5 Å². The van der Waals surface area contributed by atoms with Gasteiger partial charge in [0, 0.05) is 18.7 Å². The fourth-order valence-corrected chi connectivity index (χ4v) is 5.79. The lowest BCUT2D eigenvalue weighted by molar-refractivity contribution is -0.384. The number of hydrogen-bond acceptors (Lipinski definition) is 9. The summed E-state index contributed by atoms with van der Waals surface area (Å²) in [5.74, 6) is -0.625. The van der Waals surface area contributed by atoms with E-state index in [9.17, 15) is 23.3 Å². The van der Waals surface area contributed by atoms with Crippen LogP contribution in [0.15, 0.2) is 53.4 Å². The molecule has 0 unspecified atom stereocenters. The molecule has 11 heteroatoms. The minimum atomic E-state index is -3.71. The number of morpholine rings is 1. The first-order chi connectivity index (χ1) is 14.3. The summed E-state index contributed by atoms with van der Waals surface area (Å²) in [5, 5.41) is 10.7. The number of carbonyl (C=O) groups is 1. The third kappa shape index (κ3) is 5.57. The second-order valence-electron chi connectivity index (χ2n) is 6.60. The maximum absolute atomic E-state index is 12.7. The van der Waals surface area contributed by atoms with Crippen LogP contribution in [0.2, 0.25) is 0 Å². The molecule has 1 aliphatic rings. The molecule has 0 bridgehead atoms. The van der Waals surface area contributed by atoms with Gasteiger partial charge in [-0.15, -0.1) is 0 Å². The van der Waals surface area contributed by atoms with Gasteiger partial charge in [-0.05, 0) is 36.8 Å². The summed E-state index contributed by atoms with van der Waals surface area (Å²) in [7, 11) is -3.11. The summed E-state index contributed by atoms with van der Waals surface area (Å²) >= 11 is 0. The van der Waals surface area contributed by atoms with Crippen LogP contribution in [0.1, 0.15) is 11.1 Å². The molecule has 0 saturated carbocycles. The van der Waals surface area contributed by atoms with Crippen molar-refractivity contribution in [1.82, 2.24) is 4.31 Å². The summed E-state index contributed by atoms with van der Waals surface area (Å²) < 4.78 is 37.5. The maximum Gasteiger partial charge on any atom is 0.327 e. The van der Waals surface area contributed by atoms with Gasteiger partial charge >= 0.3 is 5.97 Å². The Bertz CT molecular complexity index is 1010. The zero-order valence-corrected chi connectivity index (χ0v) is 17.7. The average molecular weight is 453 g/mol. The SMILES string of the molecule is Cc1ccc(S(=O)(=O)SN2CCOC[C@@H]2C(=O)OCc2ccc([N+](=O)[O-])cc2)cc1. The van der Waals surface area contributed by atoms with Crippen molar-refractivity contribution >= 4 is 31.5 Å². The van der Waals surface area contributed by atoms with E-state index in [1.54, 1.807) is 12.1 Å². The average Bonchev–Trinajstić information content (AvgIpc) is 2.72. The first-order valence-corrected chi connectivity index (χ1v) is 11.8. The van der Waals surface area contributed by atoms with Gasteiger partial charge in [-0.1, -0.05) is 17.7 Å². The monoisotopic (exact) mass is 452 g/mol. The Hall–Kier alpha value is -2.47. The molecule has 1 fully saturated rings. The van der Waals surface area contributed by atoms with E-state index in [4.69, 9.17) is 9.47 Å². The molecule has 0 aliphatic carbocycles. The molecule has 30 heavy (non-hydrogen) atoms. The topological polar surface area (TPSA) is 116 Å². The first kappa shape index (κ1) is 22.2. The van der Waals surface area contributed by atoms with Crippen molar-refractivity contribution in [3.05, 3.63) is 69.8 Å². The minimum Gasteiger partial charge on any atom is -0.460 e. The summed E-state index contributed by atoms with van der Waals surface area (Å²) in [6.45, 7) is 2.32. The number of nitro groups is 1. The number of nitro benzene ring substituents is 1. The summed E-state index contributed by atoms with van der Waals surface area (Å²) in [4.78, 5) is 22.9. The fourth-order valence-electron chi connectivity index (χ4n) is 2.70. The lowest BCUT2D eigenvalue weighted by Crippen LogP contribution is -2.47. The summed E-state index contributed by atoms with van der Waals surface area (Å²) in [6.07, 6.45) is 0. The van der Waals surface area contributed by atoms with Crippen molar-refractivity contribution < 1.29 is 27.6 Å². The van der Waals surface area contributed by atoms with Gasteiger partial charge < -0.3 is 9.47 Å². The number of nitrogens with zero attached hydrogens (tertiary/aromatic N) is 2. The Morgan fingerprint density at radius 3 is 2.53 bits per heavy atom. The zero-order chi connectivity index (χ0) is 21.7. The molecule has 2 aromatic carbocycles. The highest BCUT2D eigenvalue weighted by Crippen LogP contribution is 2.30. The van der Waals surface area contributed by atoms with Crippen LogP contribution in [0, 0.1) is 17.0 Å². The number of hydrogen-bond donors (Lipinski definition) is 0. The Kier molecular flexibility index (Phi) is 7.08. The molecule has 0 aromatic heterocycles. The Morgan fingerprint density at radius 1 is 1.23 bits per heavy atom. The number of rotatable bonds is 7. The van der Waals surface area contributed by atoms with Gasteiger partial charge in [0.1, 0.15) is 12.6 Å².